The maximum Gasteiger partial charge on any atom is 0.251 e. The van der Waals surface area contributed by atoms with Gasteiger partial charge >= 0.3 is 0 Å². The highest BCUT2D eigenvalue weighted by atomic mass is 32.2. The van der Waals surface area contributed by atoms with Gasteiger partial charge in [0.1, 0.15) is 0 Å². The van der Waals surface area contributed by atoms with Gasteiger partial charge in [0.15, 0.2) is 4.34 Å². The Balaban J connectivity index is 1.53. The van der Waals surface area contributed by atoms with Gasteiger partial charge in [-0.25, -0.2) is 4.98 Å². The zero-order valence-corrected chi connectivity index (χ0v) is 17.0. The van der Waals surface area contributed by atoms with Crippen LogP contribution in [0.1, 0.15) is 31.1 Å². The van der Waals surface area contributed by atoms with Crippen LogP contribution in [0, 0.1) is 0 Å². The second-order valence-corrected chi connectivity index (χ2v) is 9.32. The highest BCUT2D eigenvalue weighted by Gasteiger charge is 2.15. The van der Waals surface area contributed by atoms with Crippen molar-refractivity contribution in [2.24, 2.45) is 0 Å². The van der Waals surface area contributed by atoms with Gasteiger partial charge in [0.2, 0.25) is 5.91 Å². The Bertz CT molecular complexity index is 926. The quantitative estimate of drug-likeness (QED) is 0.617. The number of para-hydroxylation sites is 1. The van der Waals surface area contributed by atoms with Crippen LogP contribution in [-0.4, -0.2) is 28.1 Å². The Morgan fingerprint density at radius 2 is 1.78 bits per heavy atom. The van der Waals surface area contributed by atoms with Crippen molar-refractivity contribution >= 4 is 50.8 Å². The molecular weight excluding hydrogens is 378 g/mol. The second-order valence-electron chi connectivity index (χ2n) is 7.07. The number of hydrogen-bond acceptors (Lipinski definition) is 5. The molecule has 0 aliphatic heterocycles. The van der Waals surface area contributed by atoms with Crippen LogP contribution in [0.4, 0.5) is 5.69 Å². The summed E-state index contributed by atoms with van der Waals surface area (Å²) in [5, 5.41) is 5.76. The number of thiazole rings is 1. The molecule has 1 aromatic heterocycles. The van der Waals surface area contributed by atoms with Crippen molar-refractivity contribution in [2.45, 2.75) is 30.6 Å². The third-order valence-corrected chi connectivity index (χ3v) is 5.70. The Hall–Kier alpha value is -2.38. The van der Waals surface area contributed by atoms with Crippen LogP contribution in [0.2, 0.25) is 0 Å². The second kappa shape index (κ2) is 8.10. The minimum absolute atomic E-state index is 0.105. The number of aromatic nitrogens is 1. The molecule has 0 radical (unpaired) electrons. The summed E-state index contributed by atoms with van der Waals surface area (Å²) in [5.41, 5.74) is 1.89. The summed E-state index contributed by atoms with van der Waals surface area (Å²) in [5.74, 6) is 0.0458. The Morgan fingerprint density at radius 1 is 1.07 bits per heavy atom. The molecule has 0 fully saturated rings. The van der Waals surface area contributed by atoms with Gasteiger partial charge < -0.3 is 10.6 Å². The van der Waals surface area contributed by atoms with Crippen molar-refractivity contribution in [3.63, 3.8) is 0 Å². The highest BCUT2D eigenvalue weighted by Crippen LogP contribution is 2.29. The third-order valence-electron chi connectivity index (χ3n) is 3.52. The Labute approximate surface area is 166 Å². The maximum atomic E-state index is 12.2. The van der Waals surface area contributed by atoms with Gasteiger partial charge in [-0.05, 0) is 57.2 Å². The average Bonchev–Trinajstić information content (AvgIpc) is 3.02. The molecule has 0 unspecified atom stereocenters. The first-order valence-corrected chi connectivity index (χ1v) is 10.3. The fourth-order valence-corrected chi connectivity index (χ4v) is 4.22. The SMILES string of the molecule is CC(C)(C)NC(=O)c1ccc(NC(=O)CSc2nc3ccccc3s2)cc1. The van der Waals surface area contributed by atoms with Crippen molar-refractivity contribution in [3.05, 3.63) is 54.1 Å². The first kappa shape index (κ1) is 19.4. The molecule has 0 spiro atoms. The van der Waals surface area contributed by atoms with E-state index < -0.39 is 0 Å². The van der Waals surface area contributed by atoms with Crippen molar-refractivity contribution in [3.8, 4) is 0 Å². The van der Waals surface area contributed by atoms with E-state index in [9.17, 15) is 9.59 Å². The predicted octanol–water partition coefficient (Wildman–Crippen LogP) is 4.56. The number of rotatable bonds is 5. The van der Waals surface area contributed by atoms with E-state index in [0.29, 0.717) is 11.3 Å². The average molecular weight is 400 g/mol. The predicted molar refractivity (Wildman–Crippen MR) is 113 cm³/mol. The largest absolute Gasteiger partial charge is 0.347 e. The van der Waals surface area contributed by atoms with E-state index in [0.717, 1.165) is 14.6 Å². The van der Waals surface area contributed by atoms with E-state index >= 15 is 0 Å². The number of nitrogens with zero attached hydrogens (tertiary/aromatic N) is 1. The van der Waals surface area contributed by atoms with Crippen LogP contribution in [0.3, 0.4) is 0 Å². The topological polar surface area (TPSA) is 71.1 Å². The number of nitrogens with one attached hydrogen (secondary N) is 2. The third kappa shape index (κ3) is 5.55. The van der Waals surface area contributed by atoms with E-state index in [1.807, 2.05) is 45.0 Å². The molecule has 0 aliphatic carbocycles. The van der Waals surface area contributed by atoms with Crippen LogP contribution in [0.25, 0.3) is 10.2 Å². The van der Waals surface area contributed by atoms with Gasteiger partial charge in [0, 0.05) is 16.8 Å². The molecule has 1 heterocycles. The van der Waals surface area contributed by atoms with Crippen LogP contribution >= 0.6 is 23.1 Å². The molecule has 5 nitrogen and oxygen atoms in total. The fourth-order valence-electron chi connectivity index (χ4n) is 2.35. The number of amides is 2. The lowest BCUT2D eigenvalue weighted by molar-refractivity contribution is -0.113. The minimum Gasteiger partial charge on any atom is -0.347 e. The van der Waals surface area contributed by atoms with Crippen LogP contribution < -0.4 is 10.6 Å². The van der Waals surface area contributed by atoms with E-state index in [-0.39, 0.29) is 23.1 Å². The van der Waals surface area contributed by atoms with Gasteiger partial charge in [-0.1, -0.05) is 23.9 Å². The van der Waals surface area contributed by atoms with Crippen molar-refractivity contribution < 1.29 is 9.59 Å². The van der Waals surface area contributed by atoms with E-state index in [1.54, 1.807) is 35.6 Å². The lowest BCUT2D eigenvalue weighted by atomic mass is 10.1. The number of anilines is 1. The lowest BCUT2D eigenvalue weighted by Gasteiger charge is -2.20. The van der Waals surface area contributed by atoms with Gasteiger partial charge in [-0.2, -0.15) is 0 Å². The summed E-state index contributed by atoms with van der Waals surface area (Å²) >= 11 is 3.00. The van der Waals surface area contributed by atoms with Gasteiger partial charge in [-0.3, -0.25) is 9.59 Å². The number of fused-ring (bicyclic) bond motifs is 1. The van der Waals surface area contributed by atoms with E-state index in [4.69, 9.17) is 0 Å². The Morgan fingerprint density at radius 3 is 2.44 bits per heavy atom. The first-order valence-electron chi connectivity index (χ1n) is 8.51. The summed E-state index contributed by atoms with van der Waals surface area (Å²) in [6, 6.07) is 14.8. The van der Waals surface area contributed by atoms with Gasteiger partial charge in [0.05, 0.1) is 16.0 Å². The Kier molecular flexibility index (Phi) is 5.82. The molecule has 2 amide bonds. The lowest BCUT2D eigenvalue weighted by Crippen LogP contribution is -2.40. The molecule has 0 aliphatic rings. The fraction of sp³-hybridized carbons (Fsp3) is 0.250. The smallest absolute Gasteiger partial charge is 0.251 e. The summed E-state index contributed by atoms with van der Waals surface area (Å²) < 4.78 is 1.99. The van der Waals surface area contributed by atoms with Gasteiger partial charge in [-0.15, -0.1) is 11.3 Å². The molecule has 7 heteroatoms. The molecule has 27 heavy (non-hydrogen) atoms. The number of carbonyl (C=O) groups is 2. The van der Waals surface area contributed by atoms with E-state index in [1.165, 1.54) is 11.8 Å². The molecule has 0 saturated carbocycles. The number of thioether (sulfide) groups is 1. The zero-order chi connectivity index (χ0) is 19.4. The number of carbonyl (C=O) groups excluding carboxylic acids is 2. The van der Waals surface area contributed by atoms with Gasteiger partial charge in [0.25, 0.3) is 5.91 Å². The normalized spacial score (nSPS) is 11.4. The molecule has 3 aromatic rings. The summed E-state index contributed by atoms with van der Waals surface area (Å²) in [4.78, 5) is 28.8. The van der Waals surface area contributed by atoms with Crippen molar-refractivity contribution in [1.82, 2.24) is 10.3 Å². The molecule has 0 bridgehead atoms. The maximum absolute atomic E-state index is 12.2. The van der Waals surface area contributed by atoms with Crippen molar-refractivity contribution in [1.29, 1.82) is 0 Å². The summed E-state index contributed by atoms with van der Waals surface area (Å²) in [7, 11) is 0. The number of hydrogen-bond donors (Lipinski definition) is 2. The monoisotopic (exact) mass is 399 g/mol. The molecule has 140 valence electrons. The highest BCUT2D eigenvalue weighted by molar-refractivity contribution is 8.01. The van der Waals surface area contributed by atoms with Crippen LogP contribution in [0.15, 0.2) is 52.9 Å². The molecular formula is C20H21N3O2S2. The molecule has 0 saturated heterocycles. The minimum atomic E-state index is -0.290. The molecule has 2 aromatic carbocycles. The number of benzene rings is 2. The van der Waals surface area contributed by atoms with Crippen molar-refractivity contribution in [2.75, 3.05) is 11.1 Å². The molecule has 0 atom stereocenters. The first-order chi connectivity index (χ1) is 12.8. The van der Waals surface area contributed by atoms with E-state index in [2.05, 4.69) is 15.6 Å². The summed E-state index contributed by atoms with van der Waals surface area (Å²) in [6.45, 7) is 5.80. The standard InChI is InChI=1S/C20H21N3O2S2/c1-20(2,3)23-18(25)13-8-10-14(11-9-13)21-17(24)12-26-19-22-15-6-4-5-7-16(15)27-19/h4-11H,12H2,1-3H3,(H,21,24)(H,23,25). The summed E-state index contributed by atoms with van der Waals surface area (Å²) in [6.07, 6.45) is 0. The molecule has 2 N–H and O–H groups in total. The zero-order valence-electron chi connectivity index (χ0n) is 15.4. The van der Waals surface area contributed by atoms with Crippen LogP contribution in [-0.2, 0) is 4.79 Å². The molecule has 3 rings (SSSR count). The van der Waals surface area contributed by atoms with Crippen LogP contribution in [0.5, 0.6) is 0 Å².